The number of hydrogen-bond donors (Lipinski definition) is 1. The van der Waals surface area contributed by atoms with Crippen LogP contribution in [0.3, 0.4) is 0 Å². The molecule has 0 aliphatic rings. The fourth-order valence-electron chi connectivity index (χ4n) is 2.24. The van der Waals surface area contributed by atoms with Gasteiger partial charge in [0.1, 0.15) is 11.5 Å². The molecule has 0 radical (unpaired) electrons. The summed E-state index contributed by atoms with van der Waals surface area (Å²) in [5, 5.41) is 13.2. The van der Waals surface area contributed by atoms with E-state index in [4.69, 9.17) is 4.74 Å². The lowest BCUT2D eigenvalue weighted by atomic mass is 10.1. The average molecular weight is 376 g/mol. The first-order valence-corrected chi connectivity index (χ1v) is 9.64. The van der Waals surface area contributed by atoms with Crippen molar-refractivity contribution in [2.75, 3.05) is 17.7 Å². The maximum Gasteiger partial charge on any atom is 0.239 e. The number of carbonyl (C=O) groups excluding carboxylic acids is 2. The third kappa shape index (κ3) is 5.89. The van der Waals surface area contributed by atoms with Gasteiger partial charge in [0.05, 0.1) is 18.3 Å². The van der Waals surface area contributed by atoms with Gasteiger partial charge in [-0.15, -0.1) is 0 Å². The largest absolute Gasteiger partial charge is 0.545 e. The molecule has 0 aromatic heterocycles. The summed E-state index contributed by atoms with van der Waals surface area (Å²) in [6.45, 7) is 2.38. The number of nitrogens with one attached hydrogen (secondary N) is 1. The predicted octanol–water partition coefficient (Wildman–Crippen LogP) is 1.00. The van der Waals surface area contributed by atoms with Crippen molar-refractivity contribution < 1.29 is 27.9 Å². The number of anilines is 1. The topological polar surface area (TPSA) is 113 Å². The van der Waals surface area contributed by atoms with Gasteiger partial charge in [-0.05, 0) is 42.3 Å². The Labute approximate surface area is 151 Å². The molecular weight excluding hydrogens is 358 g/mol. The highest BCUT2D eigenvalue weighted by Crippen LogP contribution is 2.16. The summed E-state index contributed by atoms with van der Waals surface area (Å²) in [4.78, 5) is 22.6. The number of carboxylic acids is 1. The quantitative estimate of drug-likeness (QED) is 0.735. The molecule has 8 heteroatoms. The van der Waals surface area contributed by atoms with E-state index >= 15 is 0 Å². The van der Waals surface area contributed by atoms with E-state index in [-0.39, 0.29) is 11.3 Å². The zero-order chi connectivity index (χ0) is 19.2. The number of rotatable bonds is 8. The first-order chi connectivity index (χ1) is 12.3. The summed E-state index contributed by atoms with van der Waals surface area (Å²) in [5.74, 6) is -2.38. The van der Waals surface area contributed by atoms with E-state index in [1.165, 1.54) is 24.3 Å². The summed E-state index contributed by atoms with van der Waals surface area (Å²) in [7, 11) is -3.70. The molecule has 0 fully saturated rings. The van der Waals surface area contributed by atoms with Crippen LogP contribution in [0.15, 0.2) is 48.5 Å². The van der Waals surface area contributed by atoms with Crippen LogP contribution in [-0.2, 0) is 20.4 Å². The Balaban J connectivity index is 1.95. The molecule has 0 atom stereocenters. The minimum Gasteiger partial charge on any atom is -0.545 e. The number of aromatic carboxylic acids is 1. The van der Waals surface area contributed by atoms with Gasteiger partial charge in [-0.1, -0.05) is 24.3 Å². The molecule has 2 rings (SSSR count). The van der Waals surface area contributed by atoms with Crippen LogP contribution < -0.4 is 15.2 Å². The van der Waals surface area contributed by atoms with Crippen molar-refractivity contribution in [2.45, 2.75) is 12.7 Å². The number of carbonyl (C=O) groups is 2. The maximum atomic E-state index is 12.1. The summed E-state index contributed by atoms with van der Waals surface area (Å²) in [6, 6.07) is 11.9. The van der Waals surface area contributed by atoms with E-state index in [1.807, 2.05) is 6.92 Å². The second-order valence-corrected chi connectivity index (χ2v) is 7.59. The summed E-state index contributed by atoms with van der Waals surface area (Å²) in [6.07, 6.45) is 0. The molecule has 0 heterocycles. The second kappa shape index (κ2) is 8.48. The molecule has 0 spiro atoms. The predicted molar refractivity (Wildman–Crippen MR) is 94.5 cm³/mol. The van der Waals surface area contributed by atoms with Gasteiger partial charge in [0, 0.05) is 5.69 Å². The van der Waals surface area contributed by atoms with Crippen molar-refractivity contribution in [3.63, 3.8) is 0 Å². The zero-order valence-electron chi connectivity index (χ0n) is 14.1. The Kier molecular flexibility index (Phi) is 6.35. The van der Waals surface area contributed by atoms with E-state index in [9.17, 15) is 23.1 Å². The Morgan fingerprint density at radius 3 is 2.19 bits per heavy atom. The maximum absolute atomic E-state index is 12.1. The fourth-order valence-corrected chi connectivity index (χ4v) is 3.51. The first kappa shape index (κ1) is 19.5. The Bertz CT molecular complexity index is 873. The third-order valence-electron chi connectivity index (χ3n) is 3.38. The highest BCUT2D eigenvalue weighted by molar-refractivity contribution is 7.91. The highest BCUT2D eigenvalue weighted by atomic mass is 32.2. The van der Waals surface area contributed by atoms with Crippen LogP contribution in [0.1, 0.15) is 22.8 Å². The molecule has 0 saturated heterocycles. The van der Waals surface area contributed by atoms with Crippen LogP contribution in [0.25, 0.3) is 0 Å². The van der Waals surface area contributed by atoms with Gasteiger partial charge in [0.25, 0.3) is 0 Å². The van der Waals surface area contributed by atoms with Gasteiger partial charge in [0.2, 0.25) is 5.91 Å². The Morgan fingerprint density at radius 2 is 1.65 bits per heavy atom. The first-order valence-electron chi connectivity index (χ1n) is 7.82. The van der Waals surface area contributed by atoms with Gasteiger partial charge in [-0.3, -0.25) is 4.79 Å². The highest BCUT2D eigenvalue weighted by Gasteiger charge is 2.17. The van der Waals surface area contributed by atoms with Crippen molar-refractivity contribution in [1.82, 2.24) is 0 Å². The SMILES string of the molecule is CCOc1ccc(NC(=O)CS(=O)(=O)Cc2ccc(C(=O)[O-])cc2)cc1. The molecule has 0 unspecified atom stereocenters. The van der Waals surface area contributed by atoms with Crippen molar-refractivity contribution in [3.05, 3.63) is 59.7 Å². The molecular formula is C18H18NO6S-. The van der Waals surface area contributed by atoms with Gasteiger partial charge in [0.15, 0.2) is 9.84 Å². The van der Waals surface area contributed by atoms with Gasteiger partial charge in [-0.25, -0.2) is 8.42 Å². The molecule has 1 amide bonds. The monoisotopic (exact) mass is 376 g/mol. The molecule has 0 aliphatic heterocycles. The number of hydrogen-bond acceptors (Lipinski definition) is 6. The molecule has 7 nitrogen and oxygen atoms in total. The number of ether oxygens (including phenoxy) is 1. The lowest BCUT2D eigenvalue weighted by molar-refractivity contribution is -0.255. The molecule has 0 saturated carbocycles. The summed E-state index contributed by atoms with van der Waals surface area (Å²) < 4.78 is 29.6. The molecule has 0 bridgehead atoms. The van der Waals surface area contributed by atoms with Crippen molar-refractivity contribution in [3.8, 4) is 5.75 Å². The summed E-state index contributed by atoms with van der Waals surface area (Å²) in [5.41, 5.74) is 0.815. The van der Waals surface area contributed by atoms with E-state index < -0.39 is 27.5 Å². The molecule has 1 N–H and O–H groups in total. The zero-order valence-corrected chi connectivity index (χ0v) is 14.9. The van der Waals surface area contributed by atoms with E-state index in [0.29, 0.717) is 23.6 Å². The molecule has 2 aromatic rings. The van der Waals surface area contributed by atoms with Crippen LogP contribution in [0.5, 0.6) is 5.75 Å². The molecule has 0 aliphatic carbocycles. The Hall–Kier alpha value is -2.87. The standard InChI is InChI=1S/C18H19NO6S/c1-2-25-16-9-7-15(8-10-16)19-17(20)12-26(23,24)11-13-3-5-14(6-4-13)18(21)22/h3-10H,2,11-12H2,1H3,(H,19,20)(H,21,22)/p-1. The Morgan fingerprint density at radius 1 is 1.04 bits per heavy atom. The van der Waals surface area contributed by atoms with E-state index in [2.05, 4.69) is 5.32 Å². The molecule has 26 heavy (non-hydrogen) atoms. The lowest BCUT2D eigenvalue weighted by Crippen LogP contribution is -2.24. The van der Waals surface area contributed by atoms with E-state index in [0.717, 1.165) is 0 Å². The van der Waals surface area contributed by atoms with Gasteiger partial charge >= 0.3 is 0 Å². The van der Waals surface area contributed by atoms with Crippen LogP contribution >= 0.6 is 0 Å². The smallest absolute Gasteiger partial charge is 0.239 e. The second-order valence-electron chi connectivity index (χ2n) is 5.52. The number of sulfone groups is 1. The summed E-state index contributed by atoms with van der Waals surface area (Å²) >= 11 is 0. The van der Waals surface area contributed by atoms with Gasteiger partial charge < -0.3 is 20.0 Å². The van der Waals surface area contributed by atoms with Gasteiger partial charge in [-0.2, -0.15) is 0 Å². The van der Waals surface area contributed by atoms with E-state index in [1.54, 1.807) is 24.3 Å². The van der Waals surface area contributed by atoms with Crippen molar-refractivity contribution >= 4 is 27.4 Å². The minimum absolute atomic E-state index is 0.0422. The minimum atomic E-state index is -3.70. The molecule has 138 valence electrons. The molecule has 2 aromatic carbocycles. The normalized spacial score (nSPS) is 11.0. The van der Waals surface area contributed by atoms with Crippen LogP contribution in [-0.4, -0.2) is 32.7 Å². The fraction of sp³-hybridized carbons (Fsp3) is 0.222. The average Bonchev–Trinajstić information content (AvgIpc) is 2.56. The van der Waals surface area contributed by atoms with Crippen LogP contribution in [0.2, 0.25) is 0 Å². The number of benzene rings is 2. The number of amides is 1. The van der Waals surface area contributed by atoms with Crippen LogP contribution in [0, 0.1) is 0 Å². The van der Waals surface area contributed by atoms with Crippen molar-refractivity contribution in [1.29, 1.82) is 0 Å². The number of carboxylic acid groups (broad SMARTS) is 1. The van der Waals surface area contributed by atoms with Crippen LogP contribution in [0.4, 0.5) is 5.69 Å². The third-order valence-corrected chi connectivity index (χ3v) is 4.85. The van der Waals surface area contributed by atoms with Crippen molar-refractivity contribution in [2.24, 2.45) is 0 Å². The lowest BCUT2D eigenvalue weighted by Gasteiger charge is -2.08.